The molecule has 0 aliphatic rings. The molecule has 0 heterocycles. The zero-order valence-electron chi connectivity index (χ0n) is 9.79. The third-order valence-electron chi connectivity index (χ3n) is 1.88. The fourth-order valence-electron chi connectivity index (χ4n) is 0.866. The van der Waals surface area contributed by atoms with Crippen LogP contribution in [-0.4, -0.2) is 40.2 Å². The summed E-state index contributed by atoms with van der Waals surface area (Å²) in [6.45, 7) is 0. The van der Waals surface area contributed by atoms with Crippen molar-refractivity contribution >= 4 is 17.8 Å². The number of carboxylic acid groups (broad SMARTS) is 2. The lowest BCUT2D eigenvalue weighted by molar-refractivity contribution is -0.183. The Morgan fingerprint density at radius 3 is 1.75 bits per heavy atom. The van der Waals surface area contributed by atoms with E-state index >= 15 is 0 Å². The molecule has 0 saturated carbocycles. The molecule has 1 aromatic rings. The maximum Gasteiger partial charge on any atom is 0.383 e. The number of hydrogen-bond donors (Lipinski definition) is 3. The minimum Gasteiger partial charge on any atom is -0.479 e. The van der Waals surface area contributed by atoms with Crippen LogP contribution in [0, 0.1) is 0 Å². The molecule has 1 unspecified atom stereocenters. The van der Waals surface area contributed by atoms with Crippen molar-refractivity contribution in [3.05, 3.63) is 35.9 Å². The standard InChI is InChI=1S/C7H7NO.C4H3F3O4/c8-7(9)6-4-2-1-3-5-6;5-1(2(8)9)4(6,7)3(10)11/h1-5H,(H2,8,9);1H,(H,8,9)(H,10,11). The topological polar surface area (TPSA) is 118 Å². The minimum atomic E-state index is -4.87. The van der Waals surface area contributed by atoms with Gasteiger partial charge in [-0.05, 0) is 12.1 Å². The minimum absolute atomic E-state index is 0.379. The first-order valence-electron chi connectivity index (χ1n) is 4.93. The number of aliphatic carboxylic acids is 2. The highest BCUT2D eigenvalue weighted by molar-refractivity contribution is 5.92. The highest BCUT2D eigenvalue weighted by Gasteiger charge is 2.52. The van der Waals surface area contributed by atoms with E-state index in [2.05, 4.69) is 0 Å². The van der Waals surface area contributed by atoms with Crippen LogP contribution < -0.4 is 5.73 Å². The Hall–Kier alpha value is -2.58. The number of nitrogens with two attached hydrogens (primary N) is 1. The molecule has 0 bridgehead atoms. The smallest absolute Gasteiger partial charge is 0.383 e. The lowest BCUT2D eigenvalue weighted by atomic mass is 10.2. The van der Waals surface area contributed by atoms with E-state index in [1.807, 2.05) is 6.07 Å². The largest absolute Gasteiger partial charge is 0.479 e. The maximum absolute atomic E-state index is 11.8. The molecule has 1 rings (SSSR count). The Bertz CT molecular complexity index is 492. The maximum atomic E-state index is 11.8. The van der Waals surface area contributed by atoms with Crippen molar-refractivity contribution in [1.82, 2.24) is 0 Å². The zero-order valence-corrected chi connectivity index (χ0v) is 9.79. The molecule has 0 spiro atoms. The summed E-state index contributed by atoms with van der Waals surface area (Å²) < 4.78 is 35.5. The summed E-state index contributed by atoms with van der Waals surface area (Å²) in [4.78, 5) is 29.5. The summed E-state index contributed by atoms with van der Waals surface area (Å²) in [5.74, 6) is -10.5. The van der Waals surface area contributed by atoms with Gasteiger partial charge in [-0.1, -0.05) is 18.2 Å². The van der Waals surface area contributed by atoms with Crippen LogP contribution in [-0.2, 0) is 9.59 Å². The molecular formula is C11H10F3NO5. The van der Waals surface area contributed by atoms with Crippen LogP contribution in [0.25, 0.3) is 0 Å². The first-order valence-corrected chi connectivity index (χ1v) is 4.93. The molecule has 0 aliphatic carbocycles. The Morgan fingerprint density at radius 1 is 1.10 bits per heavy atom. The third-order valence-corrected chi connectivity index (χ3v) is 1.88. The van der Waals surface area contributed by atoms with Gasteiger partial charge in [-0.25, -0.2) is 14.0 Å². The van der Waals surface area contributed by atoms with E-state index in [4.69, 9.17) is 15.9 Å². The predicted molar refractivity (Wildman–Crippen MR) is 60.1 cm³/mol. The Kier molecular flexibility index (Phi) is 6.20. The summed E-state index contributed by atoms with van der Waals surface area (Å²) in [5, 5.41) is 15.3. The molecule has 0 saturated heterocycles. The Morgan fingerprint density at radius 2 is 1.55 bits per heavy atom. The second-order valence-corrected chi connectivity index (χ2v) is 3.36. The zero-order chi connectivity index (χ0) is 15.9. The number of alkyl halides is 3. The van der Waals surface area contributed by atoms with Gasteiger partial charge in [-0.15, -0.1) is 0 Å². The number of carboxylic acids is 2. The van der Waals surface area contributed by atoms with Gasteiger partial charge in [-0.2, -0.15) is 8.78 Å². The number of carbonyl (C=O) groups is 3. The molecule has 9 heteroatoms. The monoisotopic (exact) mass is 293 g/mol. The second-order valence-electron chi connectivity index (χ2n) is 3.36. The molecule has 0 radical (unpaired) electrons. The van der Waals surface area contributed by atoms with Gasteiger partial charge in [0.1, 0.15) is 0 Å². The van der Waals surface area contributed by atoms with Crippen molar-refractivity contribution in [2.45, 2.75) is 12.1 Å². The van der Waals surface area contributed by atoms with Gasteiger partial charge in [0.05, 0.1) is 0 Å². The van der Waals surface area contributed by atoms with Crippen molar-refractivity contribution in [2.75, 3.05) is 0 Å². The van der Waals surface area contributed by atoms with Crippen LogP contribution in [0.5, 0.6) is 0 Å². The average Bonchev–Trinajstić information content (AvgIpc) is 2.39. The number of amides is 1. The highest BCUT2D eigenvalue weighted by Crippen LogP contribution is 2.21. The molecule has 110 valence electrons. The van der Waals surface area contributed by atoms with Crippen LogP contribution in [0.3, 0.4) is 0 Å². The van der Waals surface area contributed by atoms with Crippen molar-refractivity contribution in [2.24, 2.45) is 5.73 Å². The lowest BCUT2D eigenvalue weighted by Gasteiger charge is -2.11. The summed E-state index contributed by atoms with van der Waals surface area (Å²) in [5.41, 5.74) is 5.53. The van der Waals surface area contributed by atoms with Gasteiger partial charge >= 0.3 is 17.9 Å². The van der Waals surface area contributed by atoms with Gasteiger partial charge in [-0.3, -0.25) is 4.79 Å². The van der Waals surface area contributed by atoms with Gasteiger partial charge in [0.2, 0.25) is 5.91 Å². The number of primary amides is 1. The highest BCUT2D eigenvalue weighted by atomic mass is 19.3. The molecule has 0 fully saturated rings. The third kappa shape index (κ3) is 4.96. The molecular weight excluding hydrogens is 283 g/mol. The Balaban J connectivity index is 0.000000367. The number of carbonyl (C=O) groups excluding carboxylic acids is 1. The first kappa shape index (κ1) is 17.4. The summed E-state index contributed by atoms with van der Waals surface area (Å²) in [6, 6.07) is 8.76. The SMILES string of the molecule is NC(=O)c1ccccc1.O=C(O)C(F)C(F)(F)C(=O)O. The molecule has 0 aromatic heterocycles. The molecule has 0 aliphatic heterocycles. The van der Waals surface area contributed by atoms with Crippen molar-refractivity contribution in [3.63, 3.8) is 0 Å². The number of benzene rings is 1. The quantitative estimate of drug-likeness (QED) is 0.762. The van der Waals surface area contributed by atoms with Crippen LogP contribution >= 0.6 is 0 Å². The number of halogens is 3. The van der Waals surface area contributed by atoms with E-state index < -0.39 is 24.0 Å². The molecule has 6 nitrogen and oxygen atoms in total. The van der Waals surface area contributed by atoms with Crippen LogP contribution in [0.2, 0.25) is 0 Å². The first-order chi connectivity index (χ1) is 9.10. The summed E-state index contributed by atoms with van der Waals surface area (Å²) >= 11 is 0. The van der Waals surface area contributed by atoms with E-state index in [1.54, 1.807) is 24.3 Å². The van der Waals surface area contributed by atoms with Crippen molar-refractivity contribution in [3.8, 4) is 0 Å². The van der Waals surface area contributed by atoms with E-state index in [-0.39, 0.29) is 5.91 Å². The second kappa shape index (κ2) is 7.12. The van der Waals surface area contributed by atoms with E-state index in [0.29, 0.717) is 5.56 Å². The van der Waals surface area contributed by atoms with Gasteiger partial charge < -0.3 is 15.9 Å². The van der Waals surface area contributed by atoms with Crippen LogP contribution in [0.1, 0.15) is 10.4 Å². The van der Waals surface area contributed by atoms with E-state index in [1.165, 1.54) is 0 Å². The van der Waals surface area contributed by atoms with E-state index in [9.17, 15) is 27.6 Å². The van der Waals surface area contributed by atoms with Gasteiger partial charge in [0.15, 0.2) is 0 Å². The van der Waals surface area contributed by atoms with E-state index in [0.717, 1.165) is 0 Å². The molecule has 4 N–H and O–H groups in total. The normalized spacial score (nSPS) is 11.8. The fourth-order valence-corrected chi connectivity index (χ4v) is 0.866. The molecule has 1 amide bonds. The molecule has 1 atom stereocenters. The molecule has 1 aromatic carbocycles. The number of rotatable bonds is 4. The van der Waals surface area contributed by atoms with Gasteiger partial charge in [0, 0.05) is 5.56 Å². The Labute approximate surface area is 110 Å². The number of hydrogen-bond acceptors (Lipinski definition) is 3. The fraction of sp³-hybridized carbons (Fsp3) is 0.182. The molecule has 20 heavy (non-hydrogen) atoms. The van der Waals surface area contributed by atoms with Crippen LogP contribution in [0.4, 0.5) is 13.2 Å². The van der Waals surface area contributed by atoms with Gasteiger partial charge in [0.25, 0.3) is 6.17 Å². The summed E-state index contributed by atoms with van der Waals surface area (Å²) in [7, 11) is 0. The predicted octanol–water partition coefficient (Wildman–Crippen LogP) is 0.915. The van der Waals surface area contributed by atoms with Crippen molar-refractivity contribution < 1.29 is 37.8 Å². The summed E-state index contributed by atoms with van der Waals surface area (Å²) in [6.07, 6.45) is -3.71. The lowest BCUT2D eigenvalue weighted by Crippen LogP contribution is -2.43. The van der Waals surface area contributed by atoms with Crippen molar-refractivity contribution in [1.29, 1.82) is 0 Å². The average molecular weight is 293 g/mol. The van der Waals surface area contributed by atoms with Crippen LogP contribution in [0.15, 0.2) is 30.3 Å².